The number of imidazole rings is 1. The van der Waals surface area contributed by atoms with E-state index < -0.39 is 11.9 Å². The van der Waals surface area contributed by atoms with Gasteiger partial charge in [-0.1, -0.05) is 13.3 Å². The topological polar surface area (TPSA) is 65.6 Å². The van der Waals surface area contributed by atoms with Crippen molar-refractivity contribution < 1.29 is 22.6 Å². The molecular weight excluding hydrogens is 447 g/mol. The van der Waals surface area contributed by atoms with Crippen LogP contribution in [-0.2, 0) is 25.7 Å². The molecule has 0 aliphatic heterocycles. The van der Waals surface area contributed by atoms with Gasteiger partial charge < -0.3 is 19.4 Å². The van der Waals surface area contributed by atoms with Crippen molar-refractivity contribution in [1.82, 2.24) is 19.2 Å². The SMILES string of the molecule is CCCc1ccn(Cc2c(C(F)(F)F)nc3ccc(NCc4ccc(OC)cc4OC)nn23)c1. The number of nitrogens with zero attached hydrogens (tertiary/aromatic N) is 4. The normalized spacial score (nSPS) is 11.7. The molecule has 4 rings (SSSR count). The molecule has 10 heteroatoms. The Morgan fingerprint density at radius 3 is 2.59 bits per heavy atom. The highest BCUT2D eigenvalue weighted by Gasteiger charge is 2.38. The van der Waals surface area contributed by atoms with E-state index in [2.05, 4.69) is 22.3 Å². The Bertz CT molecular complexity index is 1280. The van der Waals surface area contributed by atoms with Crippen LogP contribution in [0, 0.1) is 0 Å². The minimum absolute atomic E-state index is 0.00246. The summed E-state index contributed by atoms with van der Waals surface area (Å²) in [5.41, 5.74) is 1.11. The van der Waals surface area contributed by atoms with Crippen molar-refractivity contribution in [2.45, 2.75) is 39.0 Å². The summed E-state index contributed by atoms with van der Waals surface area (Å²) in [6.45, 7) is 2.42. The average Bonchev–Trinajstić information content (AvgIpc) is 3.42. The van der Waals surface area contributed by atoms with Gasteiger partial charge in [-0.15, -0.1) is 5.10 Å². The lowest BCUT2D eigenvalue weighted by molar-refractivity contribution is -0.141. The van der Waals surface area contributed by atoms with Crippen LogP contribution in [0.25, 0.3) is 5.65 Å². The maximum atomic E-state index is 13.8. The molecule has 4 aromatic rings. The molecule has 0 bridgehead atoms. The first-order valence-electron chi connectivity index (χ1n) is 10.9. The number of aryl methyl sites for hydroxylation is 1. The van der Waals surface area contributed by atoms with Crippen molar-refractivity contribution in [3.8, 4) is 11.5 Å². The van der Waals surface area contributed by atoms with Gasteiger partial charge in [-0.25, -0.2) is 9.50 Å². The maximum absolute atomic E-state index is 13.8. The highest BCUT2D eigenvalue weighted by atomic mass is 19.4. The minimum atomic E-state index is -4.59. The second kappa shape index (κ2) is 9.66. The van der Waals surface area contributed by atoms with Crippen LogP contribution in [0.1, 0.15) is 35.9 Å². The molecule has 0 amide bonds. The lowest BCUT2D eigenvalue weighted by atomic mass is 10.2. The Hall–Kier alpha value is -3.69. The molecule has 1 N–H and O–H groups in total. The summed E-state index contributed by atoms with van der Waals surface area (Å²) < 4.78 is 54.9. The molecule has 0 fully saturated rings. The maximum Gasteiger partial charge on any atom is 0.435 e. The number of ether oxygens (including phenoxy) is 2. The number of alkyl halides is 3. The predicted molar refractivity (Wildman–Crippen MR) is 122 cm³/mol. The van der Waals surface area contributed by atoms with Gasteiger partial charge >= 0.3 is 6.18 Å². The quantitative estimate of drug-likeness (QED) is 0.363. The Morgan fingerprint density at radius 1 is 1.06 bits per heavy atom. The Kier molecular flexibility index (Phi) is 6.67. The van der Waals surface area contributed by atoms with Crippen LogP contribution >= 0.6 is 0 Å². The number of benzene rings is 1. The lowest BCUT2D eigenvalue weighted by Gasteiger charge is -2.12. The van der Waals surface area contributed by atoms with Gasteiger partial charge in [0.15, 0.2) is 11.3 Å². The van der Waals surface area contributed by atoms with Crippen molar-refractivity contribution in [2.24, 2.45) is 0 Å². The fourth-order valence-corrected chi connectivity index (χ4v) is 3.82. The first-order valence-corrected chi connectivity index (χ1v) is 10.9. The molecule has 7 nitrogen and oxygen atoms in total. The Morgan fingerprint density at radius 2 is 1.88 bits per heavy atom. The van der Waals surface area contributed by atoms with E-state index in [0.29, 0.717) is 23.9 Å². The van der Waals surface area contributed by atoms with Crippen LogP contribution in [-0.4, -0.2) is 33.4 Å². The van der Waals surface area contributed by atoms with Crippen molar-refractivity contribution in [3.05, 3.63) is 71.3 Å². The number of hydrogen-bond donors (Lipinski definition) is 1. The summed E-state index contributed by atoms with van der Waals surface area (Å²) in [4.78, 5) is 3.83. The Labute approximate surface area is 195 Å². The second-order valence-corrected chi connectivity index (χ2v) is 7.87. The predicted octanol–water partition coefficient (Wildman–Crippen LogP) is 5.18. The third-order valence-electron chi connectivity index (χ3n) is 5.48. The van der Waals surface area contributed by atoms with Gasteiger partial charge in [-0.2, -0.15) is 13.2 Å². The zero-order valence-electron chi connectivity index (χ0n) is 19.2. The van der Waals surface area contributed by atoms with Crippen LogP contribution in [0.3, 0.4) is 0 Å². The number of methoxy groups -OCH3 is 2. The standard InChI is InChI=1S/C24H26F3N5O2/c1-4-5-16-10-11-31(14-16)15-19-23(24(25,26)27)29-22-9-8-21(30-32(19)22)28-13-17-6-7-18(33-2)12-20(17)34-3/h6-12,14H,4-5,13,15H2,1-3H3,(H,28,30). The van der Waals surface area contributed by atoms with E-state index in [0.717, 1.165) is 24.0 Å². The highest BCUT2D eigenvalue weighted by molar-refractivity contribution is 5.49. The van der Waals surface area contributed by atoms with Crippen LogP contribution < -0.4 is 14.8 Å². The van der Waals surface area contributed by atoms with Crippen LogP contribution in [0.2, 0.25) is 0 Å². The third kappa shape index (κ3) is 4.95. The van der Waals surface area contributed by atoms with E-state index >= 15 is 0 Å². The van der Waals surface area contributed by atoms with Gasteiger partial charge in [0, 0.05) is 30.6 Å². The van der Waals surface area contributed by atoms with E-state index in [-0.39, 0.29) is 17.9 Å². The smallest absolute Gasteiger partial charge is 0.435 e. The molecule has 0 saturated heterocycles. The molecule has 3 heterocycles. The van der Waals surface area contributed by atoms with Gasteiger partial charge in [-0.3, -0.25) is 0 Å². The molecule has 0 radical (unpaired) electrons. The summed E-state index contributed by atoms with van der Waals surface area (Å²) in [5.74, 6) is 1.71. The molecular formula is C24H26F3N5O2. The zero-order valence-corrected chi connectivity index (χ0v) is 19.2. The van der Waals surface area contributed by atoms with Gasteiger partial charge in [-0.05, 0) is 42.3 Å². The third-order valence-corrected chi connectivity index (χ3v) is 5.48. The van der Waals surface area contributed by atoms with Gasteiger partial charge in [0.2, 0.25) is 0 Å². The Balaban J connectivity index is 1.65. The molecule has 180 valence electrons. The second-order valence-electron chi connectivity index (χ2n) is 7.87. The number of fused-ring (bicyclic) bond motifs is 1. The van der Waals surface area contributed by atoms with E-state index in [1.165, 1.54) is 10.6 Å². The van der Waals surface area contributed by atoms with Gasteiger partial charge in [0.25, 0.3) is 0 Å². The number of anilines is 1. The van der Waals surface area contributed by atoms with Crippen LogP contribution in [0.15, 0.2) is 48.8 Å². The molecule has 1 aromatic carbocycles. The fourth-order valence-electron chi connectivity index (χ4n) is 3.82. The van der Waals surface area contributed by atoms with E-state index in [1.807, 2.05) is 24.4 Å². The van der Waals surface area contributed by atoms with Crippen molar-refractivity contribution in [1.29, 1.82) is 0 Å². The fraction of sp³-hybridized carbons (Fsp3) is 0.333. The molecule has 0 saturated carbocycles. The first-order chi connectivity index (χ1) is 16.3. The summed E-state index contributed by atoms with van der Waals surface area (Å²) in [5, 5.41) is 7.57. The van der Waals surface area contributed by atoms with Crippen LogP contribution in [0.5, 0.6) is 11.5 Å². The van der Waals surface area contributed by atoms with Crippen molar-refractivity contribution in [3.63, 3.8) is 0 Å². The van der Waals surface area contributed by atoms with E-state index in [4.69, 9.17) is 9.47 Å². The number of nitrogens with one attached hydrogen (secondary N) is 1. The van der Waals surface area contributed by atoms with Gasteiger partial charge in [0.1, 0.15) is 17.3 Å². The monoisotopic (exact) mass is 473 g/mol. The minimum Gasteiger partial charge on any atom is -0.497 e. The molecule has 34 heavy (non-hydrogen) atoms. The summed E-state index contributed by atoms with van der Waals surface area (Å²) in [6, 6.07) is 10.5. The molecule has 3 aromatic heterocycles. The van der Waals surface area contributed by atoms with E-state index in [1.54, 1.807) is 37.1 Å². The molecule has 0 aliphatic rings. The van der Waals surface area contributed by atoms with Gasteiger partial charge in [0.05, 0.1) is 26.5 Å². The molecule has 0 unspecified atom stereocenters. The van der Waals surface area contributed by atoms with Crippen LogP contribution in [0.4, 0.5) is 19.0 Å². The summed E-state index contributed by atoms with van der Waals surface area (Å²) in [6.07, 6.45) is 0.882. The summed E-state index contributed by atoms with van der Waals surface area (Å²) >= 11 is 0. The zero-order chi connectivity index (χ0) is 24.3. The average molecular weight is 473 g/mol. The number of rotatable bonds is 9. The van der Waals surface area contributed by atoms with Crippen molar-refractivity contribution >= 4 is 11.5 Å². The molecule has 0 aliphatic carbocycles. The largest absolute Gasteiger partial charge is 0.497 e. The molecule has 0 atom stereocenters. The number of hydrogen-bond acceptors (Lipinski definition) is 5. The summed E-state index contributed by atoms with van der Waals surface area (Å²) in [7, 11) is 3.13. The van der Waals surface area contributed by atoms with E-state index in [9.17, 15) is 13.2 Å². The first kappa shape index (κ1) is 23.5. The highest BCUT2D eigenvalue weighted by Crippen LogP contribution is 2.32. The molecule has 0 spiro atoms. The number of halogens is 3. The lowest BCUT2D eigenvalue weighted by Crippen LogP contribution is -2.13. The number of aromatic nitrogens is 4. The van der Waals surface area contributed by atoms with Crippen molar-refractivity contribution in [2.75, 3.05) is 19.5 Å².